The van der Waals surface area contributed by atoms with E-state index in [9.17, 15) is 14.4 Å². The molecule has 43 heavy (non-hydrogen) atoms. The molecule has 0 radical (unpaired) electrons. The summed E-state index contributed by atoms with van der Waals surface area (Å²) in [6.07, 6.45) is 4.16. The Labute approximate surface area is 262 Å². The molecule has 1 fully saturated rings. The van der Waals surface area contributed by atoms with Gasteiger partial charge in [-0.1, -0.05) is 32.4 Å². The third kappa shape index (κ3) is 7.81. The number of anilines is 3. The van der Waals surface area contributed by atoms with Crippen LogP contribution in [0.5, 0.6) is 5.75 Å². The molecule has 2 aromatic heterocycles. The molecule has 3 amide bonds. The van der Waals surface area contributed by atoms with E-state index >= 15 is 0 Å². The SMILES string of the molecule is CNC(C)C(=O)NC(C(=O)N1CCCC1C(=O)Nc1cc2c(Nc3ccc(Cl)nc3)ncnc2cc1OC)C(C)(C)C.Cl. The second kappa shape index (κ2) is 14.2. The van der Waals surface area contributed by atoms with Crippen molar-refractivity contribution in [1.29, 1.82) is 0 Å². The van der Waals surface area contributed by atoms with Crippen molar-refractivity contribution in [3.63, 3.8) is 0 Å². The number of carbonyl (C=O) groups excluding carboxylic acids is 3. The lowest BCUT2D eigenvalue weighted by Crippen LogP contribution is -2.59. The van der Waals surface area contributed by atoms with Crippen LogP contribution in [-0.4, -0.2) is 76.4 Å². The second-order valence-electron chi connectivity index (χ2n) is 11.3. The summed E-state index contributed by atoms with van der Waals surface area (Å²) in [6.45, 7) is 7.80. The molecule has 1 aliphatic rings. The second-order valence-corrected chi connectivity index (χ2v) is 11.7. The molecule has 14 heteroatoms. The number of carbonyl (C=O) groups is 3. The summed E-state index contributed by atoms with van der Waals surface area (Å²) < 4.78 is 5.57. The summed E-state index contributed by atoms with van der Waals surface area (Å²) in [7, 11) is 3.19. The zero-order valence-electron chi connectivity index (χ0n) is 25.0. The number of nitrogens with zero attached hydrogens (tertiary/aromatic N) is 4. The van der Waals surface area contributed by atoms with Crippen molar-refractivity contribution in [2.45, 2.75) is 58.7 Å². The monoisotopic (exact) mass is 632 g/mol. The van der Waals surface area contributed by atoms with Crippen LogP contribution < -0.4 is 26.0 Å². The molecule has 0 aliphatic carbocycles. The molecule has 4 rings (SSSR count). The molecule has 1 aromatic carbocycles. The number of likely N-dealkylation sites (tertiary alicyclic amines) is 1. The van der Waals surface area contributed by atoms with Gasteiger partial charge in [0.05, 0.1) is 36.2 Å². The number of hydrogen-bond acceptors (Lipinski definition) is 9. The van der Waals surface area contributed by atoms with E-state index < -0.39 is 23.5 Å². The fourth-order valence-corrected chi connectivity index (χ4v) is 4.88. The Morgan fingerprint density at radius 2 is 1.88 bits per heavy atom. The maximum atomic E-state index is 13.8. The molecule has 0 saturated carbocycles. The van der Waals surface area contributed by atoms with E-state index in [0.29, 0.717) is 58.4 Å². The standard InChI is InChI=1S/C29H37ClN8O4.ClH/c1-16(31-5)26(39)37-24(29(2,3)4)28(41)38-11-7-8-21(38)27(40)36-20-12-18-19(13-22(20)42-6)33-15-34-25(18)35-17-9-10-23(30)32-14-17;/h9-10,12-16,21,24,31H,7-8,11H2,1-6H3,(H,36,40)(H,37,39)(H,33,34,35);1H. The Kier molecular flexibility index (Phi) is 11.1. The van der Waals surface area contributed by atoms with Crippen LogP contribution in [0.25, 0.3) is 10.9 Å². The number of nitrogens with one attached hydrogen (secondary N) is 4. The molecule has 3 unspecified atom stereocenters. The highest BCUT2D eigenvalue weighted by Gasteiger charge is 2.42. The normalized spacial score (nSPS) is 16.2. The highest BCUT2D eigenvalue weighted by atomic mass is 35.5. The number of pyridine rings is 1. The molecule has 1 aliphatic heterocycles. The van der Waals surface area contributed by atoms with Gasteiger partial charge in [-0.2, -0.15) is 0 Å². The summed E-state index contributed by atoms with van der Waals surface area (Å²) in [5, 5.41) is 12.9. The first-order valence-electron chi connectivity index (χ1n) is 13.7. The average Bonchev–Trinajstić information content (AvgIpc) is 3.46. The Bertz CT molecular complexity index is 1470. The first kappa shape index (κ1) is 33.8. The quantitative estimate of drug-likeness (QED) is 0.257. The lowest BCUT2D eigenvalue weighted by Gasteiger charge is -2.36. The van der Waals surface area contributed by atoms with Crippen LogP contribution in [0.15, 0.2) is 36.8 Å². The zero-order valence-corrected chi connectivity index (χ0v) is 26.6. The fraction of sp³-hybridized carbons (Fsp3) is 0.448. The molecule has 3 atom stereocenters. The number of rotatable bonds is 9. The number of ether oxygens (including phenoxy) is 1. The maximum Gasteiger partial charge on any atom is 0.247 e. The Morgan fingerprint density at radius 3 is 2.51 bits per heavy atom. The molecular weight excluding hydrogens is 595 g/mol. The van der Waals surface area contributed by atoms with Crippen molar-refractivity contribution in [2.24, 2.45) is 5.41 Å². The lowest BCUT2D eigenvalue weighted by molar-refractivity contribution is -0.143. The minimum absolute atomic E-state index is 0. The van der Waals surface area contributed by atoms with Gasteiger partial charge in [0.2, 0.25) is 17.7 Å². The number of hydrogen-bond donors (Lipinski definition) is 4. The van der Waals surface area contributed by atoms with Crippen LogP contribution >= 0.6 is 24.0 Å². The van der Waals surface area contributed by atoms with E-state index in [1.807, 2.05) is 20.8 Å². The van der Waals surface area contributed by atoms with E-state index in [1.165, 1.54) is 13.4 Å². The Balaban J connectivity index is 0.00000506. The van der Waals surface area contributed by atoms with Crippen LogP contribution in [0.1, 0.15) is 40.5 Å². The highest BCUT2D eigenvalue weighted by molar-refractivity contribution is 6.29. The van der Waals surface area contributed by atoms with Crippen LogP contribution in [0.4, 0.5) is 17.2 Å². The predicted molar refractivity (Wildman–Crippen MR) is 169 cm³/mol. The van der Waals surface area contributed by atoms with Crippen LogP contribution in [0, 0.1) is 5.41 Å². The van der Waals surface area contributed by atoms with Gasteiger partial charge in [0, 0.05) is 18.0 Å². The van der Waals surface area contributed by atoms with E-state index in [0.717, 1.165) is 0 Å². The van der Waals surface area contributed by atoms with Crippen molar-refractivity contribution in [3.05, 3.63) is 41.9 Å². The number of benzene rings is 1. The van der Waals surface area contributed by atoms with Gasteiger partial charge in [-0.3, -0.25) is 14.4 Å². The van der Waals surface area contributed by atoms with Gasteiger partial charge in [-0.15, -0.1) is 12.4 Å². The van der Waals surface area contributed by atoms with Crippen molar-refractivity contribution >= 4 is 69.8 Å². The summed E-state index contributed by atoms with van der Waals surface area (Å²) in [5.74, 6) is -0.0223. The van der Waals surface area contributed by atoms with Crippen LogP contribution in [0.3, 0.4) is 0 Å². The summed E-state index contributed by atoms with van der Waals surface area (Å²) >= 11 is 5.91. The van der Waals surface area contributed by atoms with E-state index in [2.05, 4.69) is 36.2 Å². The molecule has 3 aromatic rings. The topological polar surface area (TPSA) is 150 Å². The Hall–Kier alpha value is -3.74. The number of halogens is 2. The number of aromatic nitrogens is 3. The summed E-state index contributed by atoms with van der Waals surface area (Å²) in [4.78, 5) is 54.5. The van der Waals surface area contributed by atoms with Gasteiger partial charge < -0.3 is 30.9 Å². The lowest BCUT2D eigenvalue weighted by atomic mass is 9.85. The molecule has 3 heterocycles. The van der Waals surface area contributed by atoms with Gasteiger partial charge in [0.25, 0.3) is 0 Å². The molecule has 1 saturated heterocycles. The van der Waals surface area contributed by atoms with Crippen molar-refractivity contribution < 1.29 is 19.1 Å². The Morgan fingerprint density at radius 1 is 1.14 bits per heavy atom. The van der Waals surface area contributed by atoms with Crippen molar-refractivity contribution in [2.75, 3.05) is 31.3 Å². The summed E-state index contributed by atoms with van der Waals surface area (Å²) in [6, 6.07) is 4.88. The first-order valence-corrected chi connectivity index (χ1v) is 14.1. The van der Waals surface area contributed by atoms with Crippen molar-refractivity contribution in [1.82, 2.24) is 30.5 Å². The zero-order chi connectivity index (χ0) is 30.6. The van der Waals surface area contributed by atoms with Gasteiger partial charge >= 0.3 is 0 Å². The minimum Gasteiger partial charge on any atom is -0.494 e. The van der Waals surface area contributed by atoms with Crippen LogP contribution in [0.2, 0.25) is 5.15 Å². The number of amides is 3. The first-order chi connectivity index (χ1) is 19.9. The number of methoxy groups -OCH3 is 1. The highest BCUT2D eigenvalue weighted by Crippen LogP contribution is 2.34. The molecule has 0 bridgehead atoms. The number of fused-ring (bicyclic) bond motifs is 1. The van der Waals surface area contributed by atoms with Gasteiger partial charge in [-0.05, 0) is 50.4 Å². The molecule has 12 nitrogen and oxygen atoms in total. The minimum atomic E-state index is -0.808. The third-order valence-corrected chi connectivity index (χ3v) is 7.49. The fourth-order valence-electron chi connectivity index (χ4n) is 4.77. The van der Waals surface area contributed by atoms with Crippen LogP contribution in [-0.2, 0) is 14.4 Å². The van der Waals surface area contributed by atoms with E-state index in [4.69, 9.17) is 16.3 Å². The van der Waals surface area contributed by atoms with Gasteiger partial charge in [0.15, 0.2) is 0 Å². The van der Waals surface area contributed by atoms with Gasteiger partial charge in [-0.25, -0.2) is 15.0 Å². The van der Waals surface area contributed by atoms with Gasteiger partial charge in [0.1, 0.15) is 35.1 Å². The van der Waals surface area contributed by atoms with E-state index in [-0.39, 0.29) is 30.1 Å². The molecular formula is C29H38Cl2N8O4. The largest absolute Gasteiger partial charge is 0.494 e. The predicted octanol–water partition coefficient (Wildman–Crippen LogP) is 3.92. The smallest absolute Gasteiger partial charge is 0.247 e. The molecule has 232 valence electrons. The summed E-state index contributed by atoms with van der Waals surface area (Å²) in [5.41, 5.74) is 1.10. The third-order valence-electron chi connectivity index (χ3n) is 7.27. The van der Waals surface area contributed by atoms with E-state index in [1.54, 1.807) is 49.3 Å². The maximum absolute atomic E-state index is 13.8. The van der Waals surface area contributed by atoms with Crippen molar-refractivity contribution in [3.8, 4) is 5.75 Å². The average molecular weight is 634 g/mol. The molecule has 0 spiro atoms. The molecule has 4 N–H and O–H groups in total. The number of likely N-dealkylation sites (N-methyl/N-ethyl adjacent to an activating group) is 1.